The van der Waals surface area contributed by atoms with Crippen molar-refractivity contribution in [3.8, 4) is 0 Å². The molecule has 0 bridgehead atoms. The van der Waals surface area contributed by atoms with Gasteiger partial charge in [-0.1, -0.05) is 19.4 Å². The van der Waals surface area contributed by atoms with Crippen LogP contribution in [0, 0.1) is 0 Å². The molecule has 166 valence electrons. The Balaban J connectivity index is 1.60. The third kappa shape index (κ3) is 4.43. The highest BCUT2D eigenvalue weighted by molar-refractivity contribution is 5.83. The summed E-state index contributed by atoms with van der Waals surface area (Å²) in [6.07, 6.45) is 2.06. The number of nitrogens with one attached hydrogen (secondary N) is 2. The molecule has 0 amide bonds. The predicted octanol–water partition coefficient (Wildman–Crippen LogP) is 1.30. The van der Waals surface area contributed by atoms with Crippen LogP contribution in [0.15, 0.2) is 23.0 Å². The highest BCUT2D eigenvalue weighted by Gasteiger charge is 2.18. The second kappa shape index (κ2) is 8.84. The first-order valence-electron chi connectivity index (χ1n) is 10.8. The Morgan fingerprint density at radius 1 is 1.16 bits per heavy atom. The maximum absolute atomic E-state index is 12.6. The smallest absolute Gasteiger partial charge is 0.328 e. The van der Waals surface area contributed by atoms with E-state index >= 15 is 0 Å². The minimum Gasteiger partial charge on any atom is -0.397 e. The Hall–Kier alpha value is -3.27. The molecule has 0 spiro atoms. The van der Waals surface area contributed by atoms with Crippen molar-refractivity contribution in [3.05, 3.63) is 34.2 Å². The van der Waals surface area contributed by atoms with Gasteiger partial charge in [0.1, 0.15) is 5.52 Å². The van der Waals surface area contributed by atoms with Crippen LogP contribution in [0.4, 0.5) is 23.1 Å². The van der Waals surface area contributed by atoms with Crippen molar-refractivity contribution in [2.75, 3.05) is 61.5 Å². The van der Waals surface area contributed by atoms with E-state index < -0.39 is 0 Å². The zero-order chi connectivity index (χ0) is 22.0. The number of unbranched alkanes of at least 4 members (excludes halogenated alkanes) is 1. The van der Waals surface area contributed by atoms with Gasteiger partial charge in [-0.3, -0.25) is 4.57 Å². The molecule has 1 saturated heterocycles. The molecule has 10 nitrogen and oxygen atoms in total. The molecule has 0 unspecified atom stereocenters. The Kier molecular flexibility index (Phi) is 5.99. The predicted molar refractivity (Wildman–Crippen MR) is 126 cm³/mol. The molecule has 31 heavy (non-hydrogen) atoms. The summed E-state index contributed by atoms with van der Waals surface area (Å²) in [4.78, 5) is 28.8. The van der Waals surface area contributed by atoms with Crippen LogP contribution in [0.5, 0.6) is 0 Å². The van der Waals surface area contributed by atoms with Crippen molar-refractivity contribution < 1.29 is 0 Å². The van der Waals surface area contributed by atoms with E-state index in [1.54, 1.807) is 4.57 Å². The van der Waals surface area contributed by atoms with Gasteiger partial charge in [0.25, 0.3) is 0 Å². The second-order valence-electron chi connectivity index (χ2n) is 8.11. The van der Waals surface area contributed by atoms with Gasteiger partial charge < -0.3 is 31.6 Å². The van der Waals surface area contributed by atoms with Crippen molar-refractivity contribution in [2.45, 2.75) is 26.3 Å². The summed E-state index contributed by atoms with van der Waals surface area (Å²) in [6.45, 7) is 7.14. The zero-order valence-corrected chi connectivity index (χ0v) is 18.2. The van der Waals surface area contributed by atoms with Gasteiger partial charge in [0, 0.05) is 32.7 Å². The van der Waals surface area contributed by atoms with E-state index in [0.29, 0.717) is 29.3 Å². The Morgan fingerprint density at radius 2 is 1.94 bits per heavy atom. The van der Waals surface area contributed by atoms with Gasteiger partial charge in [0.05, 0.1) is 17.9 Å². The molecule has 0 saturated carbocycles. The summed E-state index contributed by atoms with van der Waals surface area (Å²) < 4.78 is 1.57. The molecule has 0 radical (unpaired) electrons. The van der Waals surface area contributed by atoms with Gasteiger partial charge in [-0.2, -0.15) is 9.97 Å². The number of nitrogen functional groups attached to an aromatic ring is 2. The first kappa shape index (κ1) is 21.0. The average molecular weight is 426 g/mol. The zero-order valence-electron chi connectivity index (χ0n) is 18.2. The minimum absolute atomic E-state index is 0.254. The first-order chi connectivity index (χ1) is 15.0. The monoisotopic (exact) mass is 425 g/mol. The van der Waals surface area contributed by atoms with Crippen molar-refractivity contribution >= 4 is 34.3 Å². The lowest BCUT2D eigenvalue weighted by Gasteiger charge is -2.34. The summed E-state index contributed by atoms with van der Waals surface area (Å²) in [5.74, 6) is 0.681. The van der Waals surface area contributed by atoms with Gasteiger partial charge in [-0.25, -0.2) is 4.79 Å². The maximum Gasteiger partial charge on any atom is 0.328 e. The van der Waals surface area contributed by atoms with E-state index in [-0.39, 0.29) is 11.5 Å². The normalized spacial score (nSPS) is 15.0. The molecular formula is C21H31N9O. The highest BCUT2D eigenvalue weighted by Crippen LogP contribution is 2.26. The highest BCUT2D eigenvalue weighted by atomic mass is 16.1. The number of nitrogens with zero attached hydrogens (tertiary/aromatic N) is 5. The quantitative estimate of drug-likeness (QED) is 0.329. The van der Waals surface area contributed by atoms with Gasteiger partial charge in [0.2, 0.25) is 5.95 Å². The number of piperazine rings is 1. The Labute approximate surface area is 181 Å². The van der Waals surface area contributed by atoms with Crippen LogP contribution in [0.25, 0.3) is 11.2 Å². The van der Waals surface area contributed by atoms with Crippen LogP contribution in [0.1, 0.15) is 25.3 Å². The lowest BCUT2D eigenvalue weighted by Crippen LogP contribution is -2.44. The van der Waals surface area contributed by atoms with Crippen LogP contribution >= 0.6 is 0 Å². The summed E-state index contributed by atoms with van der Waals surface area (Å²) in [5.41, 5.74) is 15.8. The third-order valence-corrected chi connectivity index (χ3v) is 5.74. The standard InChI is InChI=1S/C21H31N9O/c1-3-4-7-24-20-26-18(23)17-19(27-20)30(21(31)25-17)13-14-5-6-16(15(22)12-14)29-10-8-28(2)9-11-29/h5-6,12H,3-4,7-11,13,22H2,1-2H3,(H,25,31)(H3,23,24,26,27). The van der Waals surface area contributed by atoms with Crippen LogP contribution in [-0.4, -0.2) is 64.2 Å². The average Bonchev–Trinajstić information content (AvgIpc) is 3.05. The molecule has 3 heterocycles. The molecule has 1 aromatic carbocycles. The fourth-order valence-corrected chi connectivity index (χ4v) is 3.87. The molecule has 4 rings (SSSR count). The summed E-state index contributed by atoms with van der Waals surface area (Å²) in [6, 6.07) is 5.99. The van der Waals surface area contributed by atoms with E-state index in [1.807, 2.05) is 18.2 Å². The fraction of sp³-hybridized carbons (Fsp3) is 0.476. The number of hydrogen-bond acceptors (Lipinski definition) is 8. The number of hydrogen-bond donors (Lipinski definition) is 4. The number of rotatable bonds is 7. The Bertz CT molecular complexity index is 1110. The molecule has 1 aliphatic heterocycles. The summed E-state index contributed by atoms with van der Waals surface area (Å²) in [5, 5.41) is 3.17. The van der Waals surface area contributed by atoms with E-state index in [9.17, 15) is 4.79 Å². The number of benzene rings is 1. The number of H-pyrrole nitrogens is 1. The molecule has 1 fully saturated rings. The van der Waals surface area contributed by atoms with Gasteiger partial charge in [-0.15, -0.1) is 0 Å². The number of aromatic nitrogens is 4. The number of imidazole rings is 1. The number of likely N-dealkylation sites (N-methyl/N-ethyl adjacent to an activating group) is 1. The van der Waals surface area contributed by atoms with Crippen LogP contribution < -0.4 is 27.4 Å². The van der Waals surface area contributed by atoms with Crippen LogP contribution in [0.3, 0.4) is 0 Å². The minimum atomic E-state index is -0.275. The Morgan fingerprint density at radius 3 is 2.65 bits per heavy atom. The van der Waals surface area contributed by atoms with Gasteiger partial charge in [-0.05, 0) is 31.2 Å². The third-order valence-electron chi connectivity index (χ3n) is 5.74. The summed E-state index contributed by atoms with van der Waals surface area (Å²) >= 11 is 0. The molecule has 2 aromatic heterocycles. The van der Waals surface area contributed by atoms with E-state index in [4.69, 9.17) is 11.5 Å². The SMILES string of the molecule is CCCCNc1nc(N)c2[nH]c(=O)n(Cc3ccc(N4CCN(C)CC4)c(N)c3)c2n1. The van der Waals surface area contributed by atoms with Crippen LogP contribution in [0.2, 0.25) is 0 Å². The fourth-order valence-electron chi connectivity index (χ4n) is 3.87. The summed E-state index contributed by atoms with van der Waals surface area (Å²) in [7, 11) is 2.13. The molecule has 0 atom stereocenters. The molecule has 10 heteroatoms. The van der Waals surface area contributed by atoms with Crippen molar-refractivity contribution in [1.82, 2.24) is 24.4 Å². The number of nitrogens with two attached hydrogens (primary N) is 2. The number of aromatic amines is 1. The largest absolute Gasteiger partial charge is 0.397 e. The second-order valence-corrected chi connectivity index (χ2v) is 8.11. The van der Waals surface area contributed by atoms with Gasteiger partial charge in [0.15, 0.2) is 11.5 Å². The van der Waals surface area contributed by atoms with E-state index in [0.717, 1.165) is 56.8 Å². The lowest BCUT2D eigenvalue weighted by atomic mass is 10.1. The van der Waals surface area contributed by atoms with Crippen molar-refractivity contribution in [1.29, 1.82) is 0 Å². The van der Waals surface area contributed by atoms with Gasteiger partial charge >= 0.3 is 5.69 Å². The molecule has 1 aliphatic rings. The first-order valence-corrected chi connectivity index (χ1v) is 10.8. The topological polar surface area (TPSA) is 134 Å². The molecule has 0 aliphatic carbocycles. The van der Waals surface area contributed by atoms with E-state index in [2.05, 4.69) is 44.0 Å². The van der Waals surface area contributed by atoms with E-state index in [1.165, 1.54) is 0 Å². The van der Waals surface area contributed by atoms with Crippen molar-refractivity contribution in [3.63, 3.8) is 0 Å². The van der Waals surface area contributed by atoms with Crippen molar-refractivity contribution in [2.24, 2.45) is 0 Å². The number of fused-ring (bicyclic) bond motifs is 1. The number of anilines is 4. The molecule has 6 N–H and O–H groups in total. The molecular weight excluding hydrogens is 394 g/mol. The maximum atomic E-state index is 12.6. The molecule has 3 aromatic rings. The lowest BCUT2D eigenvalue weighted by molar-refractivity contribution is 0.313. The van der Waals surface area contributed by atoms with Crippen LogP contribution in [-0.2, 0) is 6.54 Å².